The molecule has 0 unspecified atom stereocenters. The molecule has 0 saturated carbocycles. The van der Waals surface area contributed by atoms with Crippen molar-refractivity contribution in [1.29, 1.82) is 0 Å². The van der Waals surface area contributed by atoms with Crippen molar-refractivity contribution < 1.29 is 9.84 Å². The van der Waals surface area contributed by atoms with E-state index in [9.17, 15) is 5.11 Å². The van der Waals surface area contributed by atoms with Crippen LogP contribution in [-0.2, 0) is 0 Å². The molecule has 1 aromatic heterocycles. The van der Waals surface area contributed by atoms with Crippen LogP contribution in [0.1, 0.15) is 5.56 Å². The summed E-state index contributed by atoms with van der Waals surface area (Å²) in [5.41, 5.74) is 9.26. The van der Waals surface area contributed by atoms with E-state index in [1.54, 1.807) is 31.4 Å². The fraction of sp³-hybridized carbons (Fsp3) is 0.125. The van der Waals surface area contributed by atoms with Crippen LogP contribution in [0.2, 0.25) is 0 Å². The lowest BCUT2D eigenvalue weighted by Crippen LogP contribution is -2.02. The molecule has 0 aliphatic heterocycles. The Bertz CT molecular complexity index is 827. The average molecular weight is 296 g/mol. The fourth-order valence-electron chi connectivity index (χ4n) is 2.34. The number of rotatable bonds is 3. The Morgan fingerprint density at radius 2 is 2.00 bits per heavy atom. The summed E-state index contributed by atoms with van der Waals surface area (Å²) in [6, 6.07) is 12.4. The van der Waals surface area contributed by atoms with Gasteiger partial charge < -0.3 is 15.6 Å². The van der Waals surface area contributed by atoms with E-state index in [0.29, 0.717) is 17.2 Å². The molecule has 0 aliphatic rings. The number of phenolic OH excluding ortho intramolecular Hbond substituents is 1. The predicted molar refractivity (Wildman–Crippen MR) is 84.2 cm³/mol. The maximum absolute atomic E-state index is 9.57. The number of anilines is 1. The van der Waals surface area contributed by atoms with Crippen LogP contribution in [0.25, 0.3) is 16.9 Å². The number of methoxy groups -OCH3 is 1. The number of phenols is 1. The lowest BCUT2D eigenvalue weighted by Gasteiger charge is -2.07. The normalized spacial score (nSPS) is 10.6. The number of aryl methyl sites for hydroxylation is 1. The Labute approximate surface area is 127 Å². The highest BCUT2D eigenvalue weighted by Crippen LogP contribution is 2.29. The number of ether oxygens (including phenoxy) is 1. The minimum absolute atomic E-state index is 0.147. The summed E-state index contributed by atoms with van der Waals surface area (Å²) in [6.07, 6.45) is 0. The van der Waals surface area contributed by atoms with E-state index in [2.05, 4.69) is 10.3 Å². The van der Waals surface area contributed by atoms with Gasteiger partial charge in [0.05, 0.1) is 12.8 Å². The van der Waals surface area contributed by atoms with Gasteiger partial charge in [0, 0.05) is 11.6 Å². The number of nitrogens with two attached hydrogens (primary N) is 1. The quantitative estimate of drug-likeness (QED) is 0.775. The predicted octanol–water partition coefficient (Wildman–Crippen LogP) is 2.54. The van der Waals surface area contributed by atoms with E-state index in [1.165, 1.54) is 4.68 Å². The summed E-state index contributed by atoms with van der Waals surface area (Å²) in [5, 5.41) is 17.8. The van der Waals surface area contributed by atoms with Gasteiger partial charge in [-0.3, -0.25) is 0 Å². The van der Waals surface area contributed by atoms with Crippen LogP contribution >= 0.6 is 0 Å². The van der Waals surface area contributed by atoms with Crippen LogP contribution < -0.4 is 10.5 Å². The molecule has 0 spiro atoms. The number of hydrogen-bond donors (Lipinski definition) is 2. The van der Waals surface area contributed by atoms with Gasteiger partial charge in [0.15, 0.2) is 5.82 Å². The van der Waals surface area contributed by atoms with Crippen LogP contribution in [0.4, 0.5) is 5.82 Å². The molecule has 0 bridgehead atoms. The van der Waals surface area contributed by atoms with Crippen molar-refractivity contribution in [3.63, 3.8) is 0 Å². The van der Waals surface area contributed by atoms with Gasteiger partial charge in [0.25, 0.3) is 0 Å². The highest BCUT2D eigenvalue weighted by atomic mass is 16.5. The van der Waals surface area contributed by atoms with Crippen molar-refractivity contribution in [2.24, 2.45) is 0 Å². The Balaban J connectivity index is 2.05. The molecule has 0 saturated heterocycles. The topological polar surface area (TPSA) is 86.2 Å². The zero-order chi connectivity index (χ0) is 15.7. The van der Waals surface area contributed by atoms with E-state index in [-0.39, 0.29) is 5.75 Å². The number of aromatic hydroxyl groups is 1. The molecule has 3 aromatic rings. The molecule has 6 heteroatoms. The molecule has 0 aliphatic carbocycles. The summed E-state index contributed by atoms with van der Waals surface area (Å²) in [5.74, 6) is 1.37. The standard InChI is InChI=1S/C16H16N4O2/c1-10-8-11(6-7-14(10)22-2)15-16(17)20(19-18-15)12-4-3-5-13(21)9-12/h3-9,21H,17H2,1-2H3. The SMILES string of the molecule is COc1ccc(-c2nnn(-c3cccc(O)c3)c2N)cc1C. The van der Waals surface area contributed by atoms with Gasteiger partial charge in [-0.15, -0.1) is 5.10 Å². The Kier molecular flexibility index (Phi) is 3.42. The molecule has 0 atom stereocenters. The smallest absolute Gasteiger partial charge is 0.155 e. The van der Waals surface area contributed by atoms with E-state index in [4.69, 9.17) is 10.5 Å². The second-order valence-corrected chi connectivity index (χ2v) is 4.94. The van der Waals surface area contributed by atoms with Crippen LogP contribution in [0.3, 0.4) is 0 Å². The number of nitrogens with zero attached hydrogens (tertiary/aromatic N) is 3. The maximum atomic E-state index is 9.57. The van der Waals surface area contributed by atoms with Crippen molar-refractivity contribution in [1.82, 2.24) is 15.0 Å². The molecular formula is C16H16N4O2. The zero-order valence-electron chi connectivity index (χ0n) is 12.3. The fourth-order valence-corrected chi connectivity index (χ4v) is 2.34. The molecule has 3 N–H and O–H groups in total. The molecule has 2 aromatic carbocycles. The third-order valence-corrected chi connectivity index (χ3v) is 3.45. The number of hydrogen-bond acceptors (Lipinski definition) is 5. The molecule has 3 rings (SSSR count). The Morgan fingerprint density at radius 3 is 2.68 bits per heavy atom. The molecule has 1 heterocycles. The minimum atomic E-state index is 0.147. The van der Waals surface area contributed by atoms with Gasteiger partial charge in [-0.2, -0.15) is 4.68 Å². The van der Waals surface area contributed by atoms with Gasteiger partial charge in [-0.1, -0.05) is 11.3 Å². The highest BCUT2D eigenvalue weighted by Gasteiger charge is 2.14. The first-order valence-corrected chi connectivity index (χ1v) is 6.75. The largest absolute Gasteiger partial charge is 0.508 e. The number of benzene rings is 2. The lowest BCUT2D eigenvalue weighted by atomic mass is 10.1. The van der Waals surface area contributed by atoms with E-state index < -0.39 is 0 Å². The third-order valence-electron chi connectivity index (χ3n) is 3.45. The van der Waals surface area contributed by atoms with Crippen LogP contribution in [0.5, 0.6) is 11.5 Å². The summed E-state index contributed by atoms with van der Waals surface area (Å²) in [6.45, 7) is 1.96. The summed E-state index contributed by atoms with van der Waals surface area (Å²) >= 11 is 0. The summed E-state index contributed by atoms with van der Waals surface area (Å²) < 4.78 is 6.75. The molecule has 22 heavy (non-hydrogen) atoms. The molecule has 6 nitrogen and oxygen atoms in total. The first-order chi connectivity index (χ1) is 10.6. The van der Waals surface area contributed by atoms with Crippen molar-refractivity contribution in [3.8, 4) is 28.4 Å². The molecule has 0 amide bonds. The third kappa shape index (κ3) is 2.35. The monoisotopic (exact) mass is 296 g/mol. The average Bonchev–Trinajstić information content (AvgIpc) is 2.89. The van der Waals surface area contributed by atoms with Gasteiger partial charge in [-0.05, 0) is 42.8 Å². The van der Waals surface area contributed by atoms with Crippen LogP contribution in [-0.4, -0.2) is 27.2 Å². The van der Waals surface area contributed by atoms with Crippen LogP contribution in [0, 0.1) is 6.92 Å². The van der Waals surface area contributed by atoms with Gasteiger partial charge >= 0.3 is 0 Å². The van der Waals surface area contributed by atoms with Crippen molar-refractivity contribution in [2.45, 2.75) is 6.92 Å². The zero-order valence-corrected chi connectivity index (χ0v) is 12.3. The van der Waals surface area contributed by atoms with Crippen molar-refractivity contribution >= 4 is 5.82 Å². The minimum Gasteiger partial charge on any atom is -0.508 e. The molecule has 112 valence electrons. The van der Waals surface area contributed by atoms with Crippen molar-refractivity contribution in [2.75, 3.05) is 12.8 Å². The maximum Gasteiger partial charge on any atom is 0.155 e. The summed E-state index contributed by atoms with van der Waals surface area (Å²) in [7, 11) is 1.63. The summed E-state index contributed by atoms with van der Waals surface area (Å²) in [4.78, 5) is 0. The van der Waals surface area contributed by atoms with Gasteiger partial charge in [-0.25, -0.2) is 0 Å². The second-order valence-electron chi connectivity index (χ2n) is 4.94. The van der Waals surface area contributed by atoms with E-state index in [1.807, 2.05) is 25.1 Å². The molecule has 0 radical (unpaired) electrons. The number of aromatic nitrogens is 3. The first-order valence-electron chi connectivity index (χ1n) is 6.75. The second kappa shape index (κ2) is 5.40. The Hall–Kier alpha value is -3.02. The molecule has 0 fully saturated rings. The van der Waals surface area contributed by atoms with Crippen molar-refractivity contribution in [3.05, 3.63) is 48.0 Å². The number of nitrogen functional groups attached to an aromatic ring is 1. The first kappa shape index (κ1) is 13.9. The highest BCUT2D eigenvalue weighted by molar-refractivity contribution is 5.72. The Morgan fingerprint density at radius 1 is 1.18 bits per heavy atom. The van der Waals surface area contributed by atoms with Crippen LogP contribution in [0.15, 0.2) is 42.5 Å². The van der Waals surface area contributed by atoms with E-state index in [0.717, 1.165) is 16.9 Å². The van der Waals surface area contributed by atoms with Gasteiger partial charge in [0.2, 0.25) is 0 Å². The van der Waals surface area contributed by atoms with Gasteiger partial charge in [0.1, 0.15) is 17.2 Å². The lowest BCUT2D eigenvalue weighted by molar-refractivity contribution is 0.412. The molecular weight excluding hydrogens is 280 g/mol. The van der Waals surface area contributed by atoms with E-state index >= 15 is 0 Å².